The third-order valence-electron chi connectivity index (χ3n) is 7.63. The molecule has 6 atom stereocenters. The molecule has 0 aromatic rings. The van der Waals surface area contributed by atoms with Gasteiger partial charge in [0.25, 0.3) is 0 Å². The van der Waals surface area contributed by atoms with Gasteiger partial charge in [0.2, 0.25) is 0 Å². The van der Waals surface area contributed by atoms with Crippen LogP contribution >= 0.6 is 0 Å². The zero-order valence-corrected chi connectivity index (χ0v) is 17.3. The molecule has 6 unspecified atom stereocenters. The monoisotopic (exact) mass is 364 g/mol. The van der Waals surface area contributed by atoms with E-state index in [2.05, 4.69) is 40.7 Å². The van der Waals surface area contributed by atoms with Crippen molar-refractivity contribution in [1.29, 1.82) is 0 Å². The van der Waals surface area contributed by atoms with Crippen LogP contribution in [-0.4, -0.2) is 34.5 Å². The highest BCUT2D eigenvalue weighted by Gasteiger charge is 2.63. The molecule has 2 aliphatic carbocycles. The lowest BCUT2D eigenvalue weighted by Crippen LogP contribution is -2.47. The standard InChI is InChI=1S/C22H36O4/c1-14(2)22(24)12-11-20(5)10-9-15(3)7-8-18-21(6,26-18)19(13-17(20)22)25-16(4)23/h9,14,17-19,24H,7-8,10-13H2,1-6H3. The van der Waals surface area contributed by atoms with Crippen LogP contribution in [0.3, 0.4) is 0 Å². The maximum atomic E-state index is 11.8. The number of esters is 1. The summed E-state index contributed by atoms with van der Waals surface area (Å²) >= 11 is 0. The lowest BCUT2D eigenvalue weighted by atomic mass is 9.67. The normalized spacial score (nSPS) is 46.0. The van der Waals surface area contributed by atoms with Crippen LogP contribution in [-0.2, 0) is 14.3 Å². The molecule has 4 heteroatoms. The van der Waals surface area contributed by atoms with Gasteiger partial charge in [-0.15, -0.1) is 0 Å². The van der Waals surface area contributed by atoms with Crippen LogP contribution in [0.15, 0.2) is 11.6 Å². The highest BCUT2D eigenvalue weighted by Crippen LogP contribution is 2.58. The molecule has 3 aliphatic rings. The lowest BCUT2D eigenvalue weighted by Gasteiger charge is -2.42. The minimum Gasteiger partial charge on any atom is -0.459 e. The smallest absolute Gasteiger partial charge is 0.303 e. The van der Waals surface area contributed by atoms with Gasteiger partial charge >= 0.3 is 5.97 Å². The summed E-state index contributed by atoms with van der Waals surface area (Å²) in [5, 5.41) is 11.6. The number of ether oxygens (including phenoxy) is 2. The number of hydrogen-bond acceptors (Lipinski definition) is 4. The van der Waals surface area contributed by atoms with Crippen molar-refractivity contribution in [1.82, 2.24) is 0 Å². The summed E-state index contributed by atoms with van der Waals surface area (Å²) in [4.78, 5) is 11.8. The Balaban J connectivity index is 1.99. The number of aliphatic hydroxyl groups is 1. The second-order valence-electron chi connectivity index (χ2n) is 9.77. The Bertz CT molecular complexity index is 597. The Morgan fingerprint density at radius 3 is 2.65 bits per heavy atom. The minimum absolute atomic E-state index is 0.0176. The Morgan fingerprint density at radius 2 is 2.04 bits per heavy atom. The van der Waals surface area contributed by atoms with Gasteiger partial charge in [-0.3, -0.25) is 4.79 Å². The third kappa shape index (κ3) is 3.35. The summed E-state index contributed by atoms with van der Waals surface area (Å²) < 4.78 is 11.8. The number of fused-ring (bicyclic) bond motifs is 2. The fraction of sp³-hybridized carbons (Fsp3) is 0.864. The zero-order chi connectivity index (χ0) is 19.3. The van der Waals surface area contributed by atoms with Gasteiger partial charge < -0.3 is 14.6 Å². The summed E-state index contributed by atoms with van der Waals surface area (Å²) in [5.41, 5.74) is 0.277. The van der Waals surface area contributed by atoms with Crippen molar-refractivity contribution < 1.29 is 19.4 Å². The van der Waals surface area contributed by atoms with E-state index in [1.165, 1.54) is 12.5 Å². The van der Waals surface area contributed by atoms with Crippen LogP contribution in [0.5, 0.6) is 0 Å². The van der Waals surface area contributed by atoms with E-state index in [9.17, 15) is 9.90 Å². The molecule has 26 heavy (non-hydrogen) atoms. The predicted octanol–water partition coefficient (Wildman–Crippen LogP) is 4.40. The number of epoxide rings is 1. The van der Waals surface area contributed by atoms with Crippen LogP contribution in [0, 0.1) is 17.3 Å². The van der Waals surface area contributed by atoms with E-state index in [0.29, 0.717) is 6.42 Å². The molecule has 4 nitrogen and oxygen atoms in total. The van der Waals surface area contributed by atoms with Gasteiger partial charge in [-0.2, -0.15) is 0 Å². The van der Waals surface area contributed by atoms with E-state index in [-0.39, 0.29) is 35.4 Å². The van der Waals surface area contributed by atoms with Gasteiger partial charge in [0, 0.05) is 6.92 Å². The second kappa shape index (κ2) is 6.63. The second-order valence-corrected chi connectivity index (χ2v) is 9.77. The van der Waals surface area contributed by atoms with Crippen LogP contribution < -0.4 is 0 Å². The fourth-order valence-electron chi connectivity index (χ4n) is 5.44. The molecule has 0 radical (unpaired) electrons. The van der Waals surface area contributed by atoms with Gasteiger partial charge in [0.15, 0.2) is 0 Å². The minimum atomic E-state index is -0.719. The molecule has 148 valence electrons. The maximum Gasteiger partial charge on any atom is 0.303 e. The predicted molar refractivity (Wildman–Crippen MR) is 102 cm³/mol. The van der Waals surface area contributed by atoms with E-state index >= 15 is 0 Å². The van der Waals surface area contributed by atoms with Gasteiger partial charge in [-0.05, 0) is 69.6 Å². The molecular weight excluding hydrogens is 328 g/mol. The van der Waals surface area contributed by atoms with Gasteiger partial charge in [-0.1, -0.05) is 32.4 Å². The van der Waals surface area contributed by atoms with Crippen molar-refractivity contribution in [2.24, 2.45) is 17.3 Å². The molecular formula is C22H36O4. The van der Waals surface area contributed by atoms with Crippen molar-refractivity contribution in [3.8, 4) is 0 Å². The number of carbonyl (C=O) groups is 1. The molecule has 1 aliphatic heterocycles. The first-order chi connectivity index (χ1) is 12.0. The fourth-order valence-corrected chi connectivity index (χ4v) is 5.44. The van der Waals surface area contributed by atoms with Crippen molar-refractivity contribution in [2.75, 3.05) is 0 Å². The molecule has 0 spiro atoms. The third-order valence-corrected chi connectivity index (χ3v) is 7.63. The Labute approximate surface area is 158 Å². The van der Waals surface area contributed by atoms with Gasteiger partial charge in [0.05, 0.1) is 11.7 Å². The lowest BCUT2D eigenvalue weighted by molar-refractivity contribution is -0.155. The van der Waals surface area contributed by atoms with E-state index in [4.69, 9.17) is 9.47 Å². The van der Waals surface area contributed by atoms with E-state index in [0.717, 1.165) is 32.1 Å². The summed E-state index contributed by atoms with van der Waals surface area (Å²) in [6.45, 7) is 12.3. The molecule has 0 aromatic carbocycles. The van der Waals surface area contributed by atoms with E-state index < -0.39 is 11.2 Å². The zero-order valence-electron chi connectivity index (χ0n) is 17.3. The quantitative estimate of drug-likeness (QED) is 0.448. The summed E-state index contributed by atoms with van der Waals surface area (Å²) in [7, 11) is 0. The average molecular weight is 365 g/mol. The first kappa shape index (κ1) is 19.9. The van der Waals surface area contributed by atoms with Crippen LogP contribution in [0.4, 0.5) is 0 Å². The van der Waals surface area contributed by atoms with Crippen LogP contribution in [0.1, 0.15) is 80.1 Å². The highest BCUT2D eigenvalue weighted by atomic mass is 16.6. The first-order valence-corrected chi connectivity index (χ1v) is 10.2. The number of hydrogen-bond donors (Lipinski definition) is 1. The Kier molecular flexibility index (Phi) is 5.07. The van der Waals surface area contributed by atoms with E-state index in [1.807, 2.05) is 0 Å². The van der Waals surface area contributed by atoms with Crippen LogP contribution in [0.2, 0.25) is 0 Å². The molecule has 0 aromatic heterocycles. The Hall–Kier alpha value is -0.870. The van der Waals surface area contributed by atoms with Crippen molar-refractivity contribution in [3.63, 3.8) is 0 Å². The maximum absolute atomic E-state index is 11.8. The summed E-state index contributed by atoms with van der Waals surface area (Å²) in [6, 6.07) is 0. The SMILES string of the molecule is CC(=O)OC1CC2C(C)(CC=C(C)CCC3OC13C)CCC2(O)C(C)C. The molecule has 1 N–H and O–H groups in total. The molecule has 1 saturated heterocycles. The Morgan fingerprint density at radius 1 is 1.35 bits per heavy atom. The largest absolute Gasteiger partial charge is 0.459 e. The molecule has 3 rings (SSSR count). The number of carbonyl (C=O) groups excluding carboxylic acids is 1. The van der Waals surface area contributed by atoms with Crippen LogP contribution in [0.25, 0.3) is 0 Å². The molecule has 0 bridgehead atoms. The first-order valence-electron chi connectivity index (χ1n) is 10.2. The average Bonchev–Trinajstić information content (AvgIpc) is 3.15. The molecule has 2 fully saturated rings. The summed E-state index contributed by atoms with van der Waals surface area (Å²) in [6.07, 6.45) is 7.65. The van der Waals surface area contributed by atoms with Crippen molar-refractivity contribution >= 4 is 5.97 Å². The number of allylic oxidation sites excluding steroid dienone is 2. The summed E-state index contributed by atoms with van der Waals surface area (Å²) in [5.74, 6) is -0.00292. The molecule has 1 heterocycles. The van der Waals surface area contributed by atoms with Crippen molar-refractivity contribution in [3.05, 3.63) is 11.6 Å². The van der Waals surface area contributed by atoms with Crippen molar-refractivity contribution in [2.45, 2.75) is 103 Å². The highest BCUT2D eigenvalue weighted by molar-refractivity contribution is 5.66. The van der Waals surface area contributed by atoms with Gasteiger partial charge in [-0.25, -0.2) is 0 Å². The topological polar surface area (TPSA) is 59.1 Å². The number of rotatable bonds is 2. The molecule has 1 saturated carbocycles. The van der Waals surface area contributed by atoms with Gasteiger partial charge in [0.1, 0.15) is 11.7 Å². The molecule has 0 amide bonds. The van der Waals surface area contributed by atoms with E-state index in [1.54, 1.807) is 0 Å².